The number of halogens is 1. The summed E-state index contributed by atoms with van der Waals surface area (Å²) < 4.78 is 40.2. The van der Waals surface area contributed by atoms with E-state index < -0.39 is 21.7 Å². The van der Waals surface area contributed by atoms with E-state index in [9.17, 15) is 17.6 Å². The van der Waals surface area contributed by atoms with Crippen LogP contribution in [0.2, 0.25) is 0 Å². The van der Waals surface area contributed by atoms with E-state index in [-0.39, 0.29) is 10.5 Å². The maximum absolute atomic E-state index is 13.1. The van der Waals surface area contributed by atoms with Gasteiger partial charge in [-0.1, -0.05) is 30.3 Å². The van der Waals surface area contributed by atoms with E-state index in [4.69, 9.17) is 0 Å². The van der Waals surface area contributed by atoms with Crippen LogP contribution in [0, 0.1) is 5.82 Å². The van der Waals surface area contributed by atoms with Crippen molar-refractivity contribution in [2.24, 2.45) is 0 Å². The Hall–Kier alpha value is -3.19. The summed E-state index contributed by atoms with van der Waals surface area (Å²) in [4.78, 5) is 12.5. The van der Waals surface area contributed by atoms with Crippen LogP contribution in [0.3, 0.4) is 0 Å². The number of benzene rings is 3. The summed E-state index contributed by atoms with van der Waals surface area (Å²) in [7, 11) is -2.52. The lowest BCUT2D eigenvalue weighted by Crippen LogP contribution is -2.28. The normalized spacial score (nSPS) is 11.0. The van der Waals surface area contributed by atoms with Gasteiger partial charge in [-0.2, -0.15) is 0 Å². The molecule has 0 spiro atoms. The number of amides is 1. The molecule has 0 aliphatic heterocycles. The number of hydrogen-bond acceptors (Lipinski definition) is 3. The zero-order chi connectivity index (χ0) is 19.4. The minimum absolute atomic E-state index is 0.00426. The molecule has 3 aromatic carbocycles. The summed E-state index contributed by atoms with van der Waals surface area (Å²) >= 11 is 0. The quantitative estimate of drug-likeness (QED) is 0.725. The first-order valence-electron chi connectivity index (χ1n) is 8.09. The summed E-state index contributed by atoms with van der Waals surface area (Å²) in [6, 6.07) is 19.8. The van der Waals surface area contributed by atoms with Crippen molar-refractivity contribution >= 4 is 27.3 Å². The second-order valence-electron chi connectivity index (χ2n) is 5.77. The molecule has 0 saturated heterocycles. The van der Waals surface area contributed by atoms with Gasteiger partial charge in [0, 0.05) is 12.7 Å². The van der Waals surface area contributed by atoms with Gasteiger partial charge in [-0.05, 0) is 48.5 Å². The Balaban J connectivity index is 1.95. The van der Waals surface area contributed by atoms with E-state index in [1.807, 2.05) is 0 Å². The zero-order valence-corrected chi connectivity index (χ0v) is 15.3. The number of hydrogen-bond donors (Lipinski definition) is 1. The number of nitrogens with one attached hydrogen (secondary N) is 1. The number of para-hydroxylation sites is 1. The molecule has 0 aromatic heterocycles. The van der Waals surface area contributed by atoms with Gasteiger partial charge in [0.15, 0.2) is 0 Å². The molecule has 0 fully saturated rings. The largest absolute Gasteiger partial charge is 0.322 e. The van der Waals surface area contributed by atoms with Gasteiger partial charge < -0.3 is 5.32 Å². The fourth-order valence-electron chi connectivity index (χ4n) is 2.54. The van der Waals surface area contributed by atoms with Gasteiger partial charge in [0.05, 0.1) is 11.3 Å². The third kappa shape index (κ3) is 3.98. The first kappa shape index (κ1) is 18.6. The lowest BCUT2D eigenvalue weighted by molar-refractivity contribution is 0.102. The molecule has 0 aliphatic carbocycles. The highest BCUT2D eigenvalue weighted by atomic mass is 32.2. The number of carbonyl (C=O) groups is 1. The molecular formula is C20H17FN2O3S. The van der Waals surface area contributed by atoms with E-state index in [0.29, 0.717) is 11.4 Å². The van der Waals surface area contributed by atoms with Crippen molar-refractivity contribution in [3.63, 3.8) is 0 Å². The molecule has 0 atom stereocenters. The third-order valence-corrected chi connectivity index (χ3v) is 5.84. The maximum Gasteiger partial charge on any atom is 0.264 e. The monoisotopic (exact) mass is 384 g/mol. The highest BCUT2D eigenvalue weighted by Gasteiger charge is 2.26. The number of rotatable bonds is 5. The minimum Gasteiger partial charge on any atom is -0.322 e. The zero-order valence-electron chi connectivity index (χ0n) is 14.5. The van der Waals surface area contributed by atoms with E-state index in [1.165, 1.54) is 43.4 Å². The van der Waals surface area contributed by atoms with E-state index >= 15 is 0 Å². The smallest absolute Gasteiger partial charge is 0.264 e. The standard InChI is InChI=1S/C20H17FN2O3S/c1-23(17-7-3-2-4-8-17)27(25,26)19-10-6-5-9-18(19)20(24)22-16-13-11-15(21)12-14-16/h2-14H,1H3,(H,22,24). The molecular weight excluding hydrogens is 367 g/mol. The molecule has 3 rings (SSSR count). The number of nitrogens with zero attached hydrogens (tertiary/aromatic N) is 1. The highest BCUT2D eigenvalue weighted by Crippen LogP contribution is 2.25. The number of anilines is 2. The summed E-state index contributed by atoms with van der Waals surface area (Å²) in [6.07, 6.45) is 0. The van der Waals surface area contributed by atoms with Crippen molar-refractivity contribution in [2.75, 3.05) is 16.7 Å². The Bertz CT molecular complexity index is 1050. The SMILES string of the molecule is CN(c1ccccc1)S(=O)(=O)c1ccccc1C(=O)Nc1ccc(F)cc1. The van der Waals surface area contributed by atoms with Gasteiger partial charge in [0.25, 0.3) is 15.9 Å². The molecule has 138 valence electrons. The molecule has 0 saturated carbocycles. The average Bonchev–Trinajstić information content (AvgIpc) is 2.69. The predicted molar refractivity (Wildman–Crippen MR) is 103 cm³/mol. The topological polar surface area (TPSA) is 66.5 Å². The summed E-state index contributed by atoms with van der Waals surface area (Å²) in [5, 5.41) is 2.59. The highest BCUT2D eigenvalue weighted by molar-refractivity contribution is 7.92. The van der Waals surface area contributed by atoms with Gasteiger partial charge in [0.2, 0.25) is 0 Å². The number of carbonyl (C=O) groups excluding carboxylic acids is 1. The van der Waals surface area contributed by atoms with Crippen molar-refractivity contribution in [2.45, 2.75) is 4.90 Å². The van der Waals surface area contributed by atoms with E-state index in [2.05, 4.69) is 5.32 Å². The van der Waals surface area contributed by atoms with E-state index in [1.54, 1.807) is 42.5 Å². The first-order chi connectivity index (χ1) is 12.9. The van der Waals surface area contributed by atoms with Crippen LogP contribution in [0.15, 0.2) is 83.8 Å². The molecule has 1 amide bonds. The average molecular weight is 384 g/mol. The van der Waals surface area contributed by atoms with Gasteiger partial charge in [-0.3, -0.25) is 9.10 Å². The number of sulfonamides is 1. The maximum atomic E-state index is 13.1. The Morgan fingerprint density at radius 3 is 2.15 bits per heavy atom. The van der Waals surface area contributed by atoms with Crippen LogP contribution in [0.1, 0.15) is 10.4 Å². The molecule has 0 aliphatic rings. The Morgan fingerprint density at radius 2 is 1.48 bits per heavy atom. The van der Waals surface area contributed by atoms with Crippen molar-refractivity contribution in [3.05, 3.63) is 90.2 Å². The first-order valence-corrected chi connectivity index (χ1v) is 9.53. The molecule has 5 nitrogen and oxygen atoms in total. The molecule has 0 heterocycles. The van der Waals surface area contributed by atoms with Crippen LogP contribution in [-0.2, 0) is 10.0 Å². The second kappa shape index (κ2) is 7.59. The molecule has 0 bridgehead atoms. The molecule has 7 heteroatoms. The summed E-state index contributed by atoms with van der Waals surface area (Å²) in [5.74, 6) is -1.03. The van der Waals surface area contributed by atoms with E-state index in [0.717, 1.165) is 4.31 Å². The van der Waals surface area contributed by atoms with Gasteiger partial charge in [-0.15, -0.1) is 0 Å². The summed E-state index contributed by atoms with van der Waals surface area (Å²) in [5.41, 5.74) is 0.848. The molecule has 3 aromatic rings. The Morgan fingerprint density at radius 1 is 0.889 bits per heavy atom. The van der Waals surface area contributed by atoms with Gasteiger partial charge >= 0.3 is 0 Å². The molecule has 1 N–H and O–H groups in total. The van der Waals surface area contributed by atoms with Crippen molar-refractivity contribution in [3.8, 4) is 0 Å². The van der Waals surface area contributed by atoms with Crippen LogP contribution < -0.4 is 9.62 Å². The van der Waals surface area contributed by atoms with Crippen LogP contribution in [0.4, 0.5) is 15.8 Å². The van der Waals surface area contributed by atoms with Gasteiger partial charge in [0.1, 0.15) is 10.7 Å². The summed E-state index contributed by atoms with van der Waals surface area (Å²) in [6.45, 7) is 0. The minimum atomic E-state index is -3.95. The lowest BCUT2D eigenvalue weighted by atomic mass is 10.2. The van der Waals surface area contributed by atoms with Crippen LogP contribution in [0.25, 0.3) is 0 Å². The molecule has 27 heavy (non-hydrogen) atoms. The third-order valence-electron chi connectivity index (χ3n) is 3.99. The fourth-order valence-corrected chi connectivity index (χ4v) is 3.92. The lowest BCUT2D eigenvalue weighted by Gasteiger charge is -2.21. The molecule has 0 unspecified atom stereocenters. The Kier molecular flexibility index (Phi) is 5.23. The van der Waals surface area contributed by atoms with Crippen LogP contribution >= 0.6 is 0 Å². The molecule has 0 radical (unpaired) electrons. The van der Waals surface area contributed by atoms with Crippen molar-refractivity contribution < 1.29 is 17.6 Å². The predicted octanol–water partition coefficient (Wildman–Crippen LogP) is 3.90. The van der Waals surface area contributed by atoms with Crippen molar-refractivity contribution in [1.29, 1.82) is 0 Å². The fraction of sp³-hybridized carbons (Fsp3) is 0.0500. The Labute approximate surface area is 157 Å². The van der Waals surface area contributed by atoms with Gasteiger partial charge in [-0.25, -0.2) is 12.8 Å². The second-order valence-corrected chi connectivity index (χ2v) is 7.70. The van der Waals surface area contributed by atoms with Crippen LogP contribution in [0.5, 0.6) is 0 Å². The van der Waals surface area contributed by atoms with Crippen molar-refractivity contribution in [1.82, 2.24) is 0 Å². The van der Waals surface area contributed by atoms with Crippen LogP contribution in [-0.4, -0.2) is 21.4 Å².